The molecule has 0 spiro atoms. The summed E-state index contributed by atoms with van der Waals surface area (Å²) in [4.78, 5) is 48.1. The van der Waals surface area contributed by atoms with Gasteiger partial charge in [0.05, 0.1) is 19.3 Å². The Morgan fingerprint density at radius 1 is 1.18 bits per heavy atom. The molecule has 0 saturated carbocycles. The van der Waals surface area contributed by atoms with Crippen LogP contribution in [0.25, 0.3) is 0 Å². The number of rotatable bonds is 19. The molecule has 1 saturated heterocycles. The zero-order valence-electron chi connectivity index (χ0n) is 21.0. The SMILES string of the molecule is CSS[C@@H](C)O[C@@H]1C[C@H](BC#CCNC(=O)CCSSCCN)OC1COP(=O)(O)OP(=O)(O)OP(=O)(O)O. The fourth-order valence-corrected chi connectivity index (χ4v) is 9.16. The van der Waals surface area contributed by atoms with E-state index in [1.54, 1.807) is 28.5 Å². The second-order valence-electron chi connectivity index (χ2n) is 7.44. The summed E-state index contributed by atoms with van der Waals surface area (Å²) in [5, 5.41) is 2.70. The third kappa shape index (κ3) is 18.8. The van der Waals surface area contributed by atoms with Gasteiger partial charge in [-0.2, -0.15) is 14.4 Å². The van der Waals surface area contributed by atoms with E-state index in [2.05, 4.69) is 25.7 Å². The maximum Gasteiger partial charge on any atom is 0.490 e. The lowest BCUT2D eigenvalue weighted by molar-refractivity contribution is -0.120. The number of nitrogens with two attached hydrogens (primary N) is 1. The second-order valence-corrected chi connectivity index (χ2v) is 17.3. The van der Waals surface area contributed by atoms with Crippen LogP contribution in [0.5, 0.6) is 0 Å². The van der Waals surface area contributed by atoms with Crippen molar-refractivity contribution in [3.8, 4) is 11.7 Å². The molecule has 1 amide bonds. The highest BCUT2D eigenvalue weighted by atomic mass is 33.1. The van der Waals surface area contributed by atoms with Crippen LogP contribution in [0.4, 0.5) is 0 Å². The number of phosphoric acid groups is 3. The first-order valence-corrected chi connectivity index (χ1v) is 20.7. The minimum Gasteiger partial charge on any atom is -0.377 e. The largest absolute Gasteiger partial charge is 0.490 e. The van der Waals surface area contributed by atoms with E-state index in [-0.39, 0.29) is 25.2 Å². The lowest BCUT2D eigenvalue weighted by atomic mass is 9.71. The third-order valence-electron chi connectivity index (χ3n) is 4.22. The number of phosphoric ester groups is 1. The van der Waals surface area contributed by atoms with Crippen molar-refractivity contribution in [1.82, 2.24) is 5.32 Å². The maximum atomic E-state index is 12.1. The second kappa shape index (κ2) is 19.1. The predicted molar refractivity (Wildman–Crippen MR) is 155 cm³/mol. The standard InChI is InChI=1S/C16H32BN2O13P3S4/c1-12(39-36-2)29-13-10-15(17-5-3-7-19-16(20)4-8-37-38-9-6-18)30-14(13)11-28-34(24,25)32-35(26,27)31-33(21,22)23/h12-15,17H,4,6-11,18H2,1-2H3,(H,19,20)(H,24,25)(H,26,27)(H2,21,22,23)/t12-,13+,14?,15+/m0/s1. The highest BCUT2D eigenvalue weighted by Gasteiger charge is 2.43. The summed E-state index contributed by atoms with van der Waals surface area (Å²) in [6.07, 6.45) is 1.06. The number of ether oxygens (including phenoxy) is 2. The van der Waals surface area contributed by atoms with Gasteiger partial charge in [0.25, 0.3) is 0 Å². The van der Waals surface area contributed by atoms with Gasteiger partial charge in [0.15, 0.2) is 0 Å². The summed E-state index contributed by atoms with van der Waals surface area (Å²) < 4.78 is 58.3. The highest BCUT2D eigenvalue weighted by molar-refractivity contribution is 8.77. The third-order valence-corrected chi connectivity index (χ3v) is 12.4. The Balaban J connectivity index is 2.62. The van der Waals surface area contributed by atoms with Crippen LogP contribution in [0.2, 0.25) is 0 Å². The first-order valence-electron chi connectivity index (χ1n) is 11.1. The van der Waals surface area contributed by atoms with E-state index >= 15 is 0 Å². The number of hydrogen-bond acceptors (Lipinski definition) is 14. The molecule has 1 heterocycles. The summed E-state index contributed by atoms with van der Waals surface area (Å²) in [6, 6.07) is -0.449. The van der Waals surface area contributed by atoms with Gasteiger partial charge < -0.3 is 40.1 Å². The molecule has 7 N–H and O–H groups in total. The maximum absolute atomic E-state index is 12.1. The predicted octanol–water partition coefficient (Wildman–Crippen LogP) is 1.43. The van der Waals surface area contributed by atoms with Crippen LogP contribution in [-0.2, 0) is 41.1 Å². The normalized spacial score (nSPS) is 23.2. The minimum atomic E-state index is -5.63. The Morgan fingerprint density at radius 2 is 1.87 bits per heavy atom. The summed E-state index contributed by atoms with van der Waals surface area (Å²) in [5.41, 5.74) is 5.12. The topological polar surface area (TPSA) is 233 Å². The smallest absolute Gasteiger partial charge is 0.377 e. The van der Waals surface area contributed by atoms with Crippen molar-refractivity contribution in [2.45, 2.75) is 43.4 Å². The molecule has 0 aliphatic carbocycles. The molecular formula is C16H32BN2O13P3S4. The molecule has 0 aromatic carbocycles. The molecule has 0 aromatic heterocycles. The van der Waals surface area contributed by atoms with Crippen LogP contribution >= 0.6 is 66.6 Å². The molecule has 39 heavy (non-hydrogen) atoms. The quantitative estimate of drug-likeness (QED) is 0.0281. The molecule has 1 fully saturated rings. The van der Waals surface area contributed by atoms with E-state index in [1.165, 1.54) is 21.6 Å². The molecule has 3 unspecified atom stereocenters. The van der Waals surface area contributed by atoms with Gasteiger partial charge in [-0.25, -0.2) is 13.7 Å². The molecule has 1 aliphatic rings. The van der Waals surface area contributed by atoms with Crippen LogP contribution < -0.4 is 11.1 Å². The van der Waals surface area contributed by atoms with E-state index in [1.807, 2.05) is 6.26 Å². The fourth-order valence-electron chi connectivity index (χ4n) is 2.88. The van der Waals surface area contributed by atoms with Crippen molar-refractivity contribution in [3.05, 3.63) is 0 Å². The molecule has 226 valence electrons. The van der Waals surface area contributed by atoms with Gasteiger partial charge in [0, 0.05) is 30.5 Å². The molecule has 0 aromatic rings. The van der Waals surface area contributed by atoms with Crippen molar-refractivity contribution < 1.29 is 60.7 Å². The molecule has 1 rings (SSSR count). The Bertz CT molecular complexity index is 971. The molecule has 1 aliphatic heterocycles. The van der Waals surface area contributed by atoms with Crippen LogP contribution in [0.3, 0.4) is 0 Å². The first-order chi connectivity index (χ1) is 18.2. The zero-order chi connectivity index (χ0) is 29.5. The number of hydrogen-bond donors (Lipinski definition) is 6. The van der Waals surface area contributed by atoms with Gasteiger partial charge in [-0.1, -0.05) is 49.1 Å². The van der Waals surface area contributed by atoms with Gasteiger partial charge >= 0.3 is 23.5 Å². The average molecular weight is 692 g/mol. The van der Waals surface area contributed by atoms with Crippen molar-refractivity contribution in [3.63, 3.8) is 0 Å². The van der Waals surface area contributed by atoms with Crippen LogP contribution in [-0.4, -0.2) is 93.9 Å². The van der Waals surface area contributed by atoms with E-state index in [9.17, 15) is 28.3 Å². The van der Waals surface area contributed by atoms with Gasteiger partial charge in [-0.15, -0.1) is 0 Å². The summed E-state index contributed by atoms with van der Waals surface area (Å²) in [5.74, 6) is 7.10. The van der Waals surface area contributed by atoms with Crippen molar-refractivity contribution >= 4 is 79.8 Å². The average Bonchev–Trinajstić information content (AvgIpc) is 3.16. The van der Waals surface area contributed by atoms with Crippen LogP contribution in [0.15, 0.2) is 0 Å². The van der Waals surface area contributed by atoms with Crippen molar-refractivity contribution in [1.29, 1.82) is 0 Å². The van der Waals surface area contributed by atoms with Crippen LogP contribution in [0.1, 0.15) is 19.8 Å². The van der Waals surface area contributed by atoms with Crippen molar-refractivity contribution in [2.75, 3.05) is 37.5 Å². The first kappa shape index (κ1) is 37.8. The molecule has 23 heteroatoms. The molecule has 6 atom stereocenters. The Kier molecular flexibility index (Phi) is 18.6. The van der Waals surface area contributed by atoms with E-state index in [4.69, 9.17) is 29.5 Å². The van der Waals surface area contributed by atoms with Gasteiger partial charge in [0.2, 0.25) is 13.2 Å². The van der Waals surface area contributed by atoms with E-state index in [0.29, 0.717) is 25.1 Å². The number of nitrogens with one attached hydrogen (secondary N) is 1. The van der Waals surface area contributed by atoms with Crippen molar-refractivity contribution in [2.24, 2.45) is 5.73 Å². The number of carbonyl (C=O) groups is 1. The summed E-state index contributed by atoms with van der Waals surface area (Å²) in [6.45, 7) is 1.92. The molecular weight excluding hydrogens is 660 g/mol. The lowest BCUT2D eigenvalue weighted by Crippen LogP contribution is -2.30. The molecule has 0 radical (unpaired) electrons. The van der Waals surface area contributed by atoms with Gasteiger partial charge in [0.1, 0.15) is 11.5 Å². The Hall–Kier alpha value is 0.785. The Morgan fingerprint density at radius 3 is 2.51 bits per heavy atom. The van der Waals surface area contributed by atoms with Gasteiger partial charge in [-0.3, -0.25) is 9.32 Å². The summed E-state index contributed by atoms with van der Waals surface area (Å²) in [7, 11) is -10.1. The highest BCUT2D eigenvalue weighted by Crippen LogP contribution is 2.66. The zero-order valence-corrected chi connectivity index (χ0v) is 26.9. The van der Waals surface area contributed by atoms with Gasteiger partial charge in [-0.05, 0) is 19.6 Å². The molecule has 15 nitrogen and oxygen atoms in total. The van der Waals surface area contributed by atoms with E-state index < -0.39 is 48.3 Å². The Labute approximate surface area is 243 Å². The molecule has 0 bridgehead atoms. The number of amides is 1. The minimum absolute atomic E-state index is 0.123. The van der Waals surface area contributed by atoms with E-state index in [0.717, 1.165) is 5.75 Å². The van der Waals surface area contributed by atoms with Crippen LogP contribution in [0, 0.1) is 11.7 Å². The fraction of sp³-hybridized carbons (Fsp3) is 0.812. The summed E-state index contributed by atoms with van der Waals surface area (Å²) >= 11 is 0. The monoisotopic (exact) mass is 692 g/mol. The lowest BCUT2D eigenvalue weighted by Gasteiger charge is -2.23. The number of carbonyl (C=O) groups excluding carboxylic acids is 1.